The summed E-state index contributed by atoms with van der Waals surface area (Å²) in [7, 11) is 0. The minimum atomic E-state index is -0.400. The van der Waals surface area contributed by atoms with Crippen molar-refractivity contribution < 1.29 is 14.6 Å². The van der Waals surface area contributed by atoms with E-state index in [1.807, 2.05) is 38.1 Å². The van der Waals surface area contributed by atoms with Gasteiger partial charge >= 0.3 is 0 Å². The average Bonchev–Trinajstić information content (AvgIpc) is 2.56. The van der Waals surface area contributed by atoms with Crippen molar-refractivity contribution in [2.45, 2.75) is 32.8 Å². The Bertz CT molecular complexity index is 546. The Labute approximate surface area is 132 Å². The first-order valence-electron chi connectivity index (χ1n) is 7.82. The normalized spacial score (nSPS) is 12.0. The molecule has 0 fully saturated rings. The van der Waals surface area contributed by atoms with Crippen molar-refractivity contribution in [2.24, 2.45) is 0 Å². The standard InChI is InChI=1S/C19H24O3/c1-3-17(20)14-22-19-11-7-16(8-12-19)13-15-5-9-18(10-6-15)21-4-2/h5-12,17,20H,3-4,13-14H2,1-2H3. The first kappa shape index (κ1) is 16.4. The lowest BCUT2D eigenvalue weighted by atomic mass is 10.0. The minimum Gasteiger partial charge on any atom is -0.494 e. The van der Waals surface area contributed by atoms with Crippen LogP contribution in [0.25, 0.3) is 0 Å². The zero-order chi connectivity index (χ0) is 15.8. The van der Waals surface area contributed by atoms with Gasteiger partial charge in [-0.2, -0.15) is 0 Å². The minimum absolute atomic E-state index is 0.342. The van der Waals surface area contributed by atoms with E-state index in [1.165, 1.54) is 11.1 Å². The van der Waals surface area contributed by atoms with Crippen molar-refractivity contribution in [2.75, 3.05) is 13.2 Å². The first-order chi connectivity index (χ1) is 10.7. The van der Waals surface area contributed by atoms with Crippen LogP contribution in [0, 0.1) is 0 Å². The van der Waals surface area contributed by atoms with E-state index >= 15 is 0 Å². The van der Waals surface area contributed by atoms with Crippen LogP contribution in [0.2, 0.25) is 0 Å². The van der Waals surface area contributed by atoms with Crippen molar-refractivity contribution in [1.82, 2.24) is 0 Å². The van der Waals surface area contributed by atoms with Crippen LogP contribution in [0.3, 0.4) is 0 Å². The summed E-state index contributed by atoms with van der Waals surface area (Å²) in [6.07, 6.45) is 1.18. The highest BCUT2D eigenvalue weighted by Gasteiger charge is 2.03. The van der Waals surface area contributed by atoms with Crippen LogP contribution in [0.4, 0.5) is 0 Å². The Hall–Kier alpha value is -2.00. The average molecular weight is 300 g/mol. The summed E-state index contributed by atoms with van der Waals surface area (Å²) in [5, 5.41) is 9.49. The number of benzene rings is 2. The zero-order valence-electron chi connectivity index (χ0n) is 13.3. The summed E-state index contributed by atoms with van der Waals surface area (Å²) in [6, 6.07) is 16.2. The second kappa shape index (κ2) is 8.44. The summed E-state index contributed by atoms with van der Waals surface area (Å²) < 4.78 is 11.0. The van der Waals surface area contributed by atoms with E-state index < -0.39 is 6.10 Å². The molecule has 22 heavy (non-hydrogen) atoms. The fourth-order valence-corrected chi connectivity index (χ4v) is 2.12. The molecule has 2 aromatic carbocycles. The maximum atomic E-state index is 9.49. The van der Waals surface area contributed by atoms with Gasteiger partial charge in [0, 0.05) is 0 Å². The van der Waals surface area contributed by atoms with Gasteiger partial charge in [-0.3, -0.25) is 0 Å². The molecule has 0 saturated carbocycles. The van der Waals surface area contributed by atoms with Gasteiger partial charge in [0.15, 0.2) is 0 Å². The maximum Gasteiger partial charge on any atom is 0.119 e. The van der Waals surface area contributed by atoms with Gasteiger partial charge in [-0.1, -0.05) is 31.2 Å². The molecule has 0 saturated heterocycles. The van der Waals surface area contributed by atoms with Crippen LogP contribution >= 0.6 is 0 Å². The molecule has 1 atom stereocenters. The maximum absolute atomic E-state index is 9.49. The van der Waals surface area contributed by atoms with Crippen molar-refractivity contribution in [3.63, 3.8) is 0 Å². The summed E-state index contributed by atoms with van der Waals surface area (Å²) in [4.78, 5) is 0. The molecule has 0 aromatic heterocycles. The third-order valence-corrected chi connectivity index (χ3v) is 3.48. The molecule has 1 unspecified atom stereocenters. The van der Waals surface area contributed by atoms with Gasteiger partial charge in [0.05, 0.1) is 12.7 Å². The molecule has 0 heterocycles. The highest BCUT2D eigenvalue weighted by Crippen LogP contribution is 2.18. The molecule has 2 rings (SSSR count). The quantitative estimate of drug-likeness (QED) is 0.805. The number of aliphatic hydroxyl groups is 1. The van der Waals surface area contributed by atoms with Crippen molar-refractivity contribution in [3.05, 3.63) is 59.7 Å². The molecule has 0 amide bonds. The number of rotatable bonds is 8. The molecular weight excluding hydrogens is 276 g/mol. The van der Waals surface area contributed by atoms with Gasteiger partial charge in [0.2, 0.25) is 0 Å². The molecule has 2 aromatic rings. The third kappa shape index (κ3) is 5.08. The van der Waals surface area contributed by atoms with Gasteiger partial charge in [0.1, 0.15) is 18.1 Å². The Balaban J connectivity index is 1.90. The van der Waals surface area contributed by atoms with Crippen molar-refractivity contribution in [1.29, 1.82) is 0 Å². The number of aliphatic hydroxyl groups excluding tert-OH is 1. The molecule has 0 aliphatic heterocycles. The van der Waals surface area contributed by atoms with E-state index in [0.29, 0.717) is 19.6 Å². The first-order valence-corrected chi connectivity index (χ1v) is 7.82. The second-order valence-electron chi connectivity index (χ2n) is 5.27. The largest absolute Gasteiger partial charge is 0.494 e. The van der Waals surface area contributed by atoms with Crippen LogP contribution in [0.1, 0.15) is 31.4 Å². The van der Waals surface area contributed by atoms with Crippen molar-refractivity contribution in [3.8, 4) is 11.5 Å². The van der Waals surface area contributed by atoms with Gasteiger partial charge < -0.3 is 14.6 Å². The van der Waals surface area contributed by atoms with E-state index in [4.69, 9.17) is 9.47 Å². The van der Waals surface area contributed by atoms with E-state index in [2.05, 4.69) is 24.3 Å². The van der Waals surface area contributed by atoms with Crippen LogP contribution in [0.15, 0.2) is 48.5 Å². The number of ether oxygens (including phenoxy) is 2. The molecule has 0 bridgehead atoms. The summed E-state index contributed by atoms with van der Waals surface area (Å²) in [6.45, 7) is 4.95. The molecule has 118 valence electrons. The molecule has 3 heteroatoms. The Morgan fingerprint density at radius 2 is 1.32 bits per heavy atom. The predicted molar refractivity (Wildman–Crippen MR) is 88.7 cm³/mol. The summed E-state index contributed by atoms with van der Waals surface area (Å²) >= 11 is 0. The van der Waals surface area contributed by atoms with Gasteiger partial charge in [-0.25, -0.2) is 0 Å². The molecule has 0 spiro atoms. The third-order valence-electron chi connectivity index (χ3n) is 3.48. The monoisotopic (exact) mass is 300 g/mol. The predicted octanol–water partition coefficient (Wildman–Crippen LogP) is 3.83. The Morgan fingerprint density at radius 1 is 0.818 bits per heavy atom. The molecule has 0 radical (unpaired) electrons. The van der Waals surface area contributed by atoms with E-state index in [1.54, 1.807) is 0 Å². The molecule has 0 aliphatic carbocycles. The SMILES string of the molecule is CCOc1ccc(Cc2ccc(OCC(O)CC)cc2)cc1. The van der Waals surface area contributed by atoms with Crippen LogP contribution in [0.5, 0.6) is 11.5 Å². The number of hydrogen-bond donors (Lipinski definition) is 1. The van der Waals surface area contributed by atoms with E-state index in [-0.39, 0.29) is 0 Å². The van der Waals surface area contributed by atoms with Crippen LogP contribution in [-0.4, -0.2) is 24.4 Å². The highest BCUT2D eigenvalue weighted by atomic mass is 16.5. The van der Waals surface area contributed by atoms with Gasteiger partial charge in [-0.05, 0) is 55.2 Å². The smallest absolute Gasteiger partial charge is 0.119 e. The lowest BCUT2D eigenvalue weighted by molar-refractivity contribution is 0.104. The number of hydrogen-bond acceptors (Lipinski definition) is 3. The van der Waals surface area contributed by atoms with Crippen LogP contribution < -0.4 is 9.47 Å². The Kier molecular flexibility index (Phi) is 6.28. The van der Waals surface area contributed by atoms with Crippen molar-refractivity contribution >= 4 is 0 Å². The fraction of sp³-hybridized carbons (Fsp3) is 0.368. The van der Waals surface area contributed by atoms with E-state index in [0.717, 1.165) is 17.9 Å². The molecule has 1 N–H and O–H groups in total. The van der Waals surface area contributed by atoms with E-state index in [9.17, 15) is 5.11 Å². The summed E-state index contributed by atoms with van der Waals surface area (Å²) in [5.41, 5.74) is 2.48. The van der Waals surface area contributed by atoms with Gasteiger partial charge in [0.25, 0.3) is 0 Å². The summed E-state index contributed by atoms with van der Waals surface area (Å²) in [5.74, 6) is 1.70. The highest BCUT2D eigenvalue weighted by molar-refractivity contribution is 5.34. The molecule has 3 nitrogen and oxygen atoms in total. The zero-order valence-corrected chi connectivity index (χ0v) is 13.3. The second-order valence-corrected chi connectivity index (χ2v) is 5.27. The topological polar surface area (TPSA) is 38.7 Å². The van der Waals surface area contributed by atoms with Gasteiger partial charge in [-0.15, -0.1) is 0 Å². The van der Waals surface area contributed by atoms with Crippen LogP contribution in [-0.2, 0) is 6.42 Å². The molecule has 0 aliphatic rings. The lowest BCUT2D eigenvalue weighted by Gasteiger charge is -2.11. The Morgan fingerprint density at radius 3 is 1.77 bits per heavy atom. The molecular formula is C19H24O3. The lowest BCUT2D eigenvalue weighted by Crippen LogP contribution is -2.15. The fourth-order valence-electron chi connectivity index (χ4n) is 2.12.